The number of carbonyl (C=O) groups excluding carboxylic acids is 1. The maximum Gasteiger partial charge on any atom is 0.235 e. The van der Waals surface area contributed by atoms with Crippen molar-refractivity contribution in [1.82, 2.24) is 9.62 Å². The van der Waals surface area contributed by atoms with Crippen molar-refractivity contribution in [3.63, 3.8) is 0 Å². The van der Waals surface area contributed by atoms with Crippen LogP contribution in [0.4, 0.5) is 0 Å². The monoisotopic (exact) mass is 330 g/mol. The summed E-state index contributed by atoms with van der Waals surface area (Å²) < 4.78 is 24.6. The average Bonchev–Trinajstić information content (AvgIpc) is 2.41. The van der Waals surface area contributed by atoms with Crippen molar-refractivity contribution in [2.75, 3.05) is 25.9 Å². The van der Waals surface area contributed by atoms with Crippen LogP contribution in [0.5, 0.6) is 0 Å². The molecule has 7 heteroatoms. The molecule has 0 spiro atoms. The summed E-state index contributed by atoms with van der Waals surface area (Å²) >= 11 is 5.80. The Balaban J connectivity index is 2.64. The molecule has 0 bridgehead atoms. The fourth-order valence-corrected chi connectivity index (χ4v) is 2.57. The SMILES string of the molecule is C=CCNC(=O)CN(CCc1ccc(Cl)cc1)S(C)(=O)=O. The Labute approximate surface area is 130 Å². The number of nitrogens with zero attached hydrogens (tertiary/aromatic N) is 1. The Kier molecular flexibility index (Phi) is 6.87. The highest BCUT2D eigenvalue weighted by Crippen LogP contribution is 2.11. The molecule has 1 N–H and O–H groups in total. The van der Waals surface area contributed by atoms with Crippen LogP contribution < -0.4 is 5.32 Å². The molecule has 0 radical (unpaired) electrons. The molecule has 1 rings (SSSR count). The van der Waals surface area contributed by atoms with E-state index in [2.05, 4.69) is 11.9 Å². The van der Waals surface area contributed by atoms with Gasteiger partial charge < -0.3 is 5.32 Å². The number of rotatable bonds is 8. The summed E-state index contributed by atoms with van der Waals surface area (Å²) in [4.78, 5) is 11.6. The van der Waals surface area contributed by atoms with E-state index >= 15 is 0 Å². The van der Waals surface area contributed by atoms with Crippen LogP contribution in [0.25, 0.3) is 0 Å². The average molecular weight is 331 g/mol. The van der Waals surface area contributed by atoms with E-state index in [0.717, 1.165) is 16.1 Å². The number of halogens is 1. The van der Waals surface area contributed by atoms with E-state index in [1.807, 2.05) is 12.1 Å². The minimum absolute atomic E-state index is 0.194. The summed E-state index contributed by atoms with van der Waals surface area (Å²) in [6.45, 7) is 3.84. The molecule has 0 aliphatic rings. The molecular weight excluding hydrogens is 312 g/mol. The number of benzene rings is 1. The number of nitrogens with one attached hydrogen (secondary N) is 1. The molecule has 0 aromatic heterocycles. The van der Waals surface area contributed by atoms with E-state index in [1.54, 1.807) is 12.1 Å². The molecule has 0 atom stereocenters. The van der Waals surface area contributed by atoms with Crippen molar-refractivity contribution < 1.29 is 13.2 Å². The van der Waals surface area contributed by atoms with Gasteiger partial charge >= 0.3 is 0 Å². The summed E-state index contributed by atoms with van der Waals surface area (Å²) in [5.41, 5.74) is 0.958. The smallest absolute Gasteiger partial charge is 0.235 e. The predicted molar refractivity (Wildman–Crippen MR) is 84.8 cm³/mol. The van der Waals surface area contributed by atoms with Crippen LogP contribution in [-0.4, -0.2) is 44.5 Å². The number of hydrogen-bond donors (Lipinski definition) is 1. The number of amides is 1. The van der Waals surface area contributed by atoms with Gasteiger partial charge in [0.2, 0.25) is 15.9 Å². The highest BCUT2D eigenvalue weighted by atomic mass is 35.5. The van der Waals surface area contributed by atoms with Gasteiger partial charge in [-0.05, 0) is 24.1 Å². The van der Waals surface area contributed by atoms with Crippen molar-refractivity contribution in [3.8, 4) is 0 Å². The predicted octanol–water partition coefficient (Wildman–Crippen LogP) is 1.45. The van der Waals surface area contributed by atoms with E-state index in [-0.39, 0.29) is 19.0 Å². The van der Waals surface area contributed by atoms with Gasteiger partial charge in [-0.25, -0.2) is 8.42 Å². The molecule has 0 saturated carbocycles. The summed E-state index contributed by atoms with van der Waals surface area (Å²) in [6, 6.07) is 7.16. The third-order valence-corrected chi connectivity index (χ3v) is 4.30. The highest BCUT2D eigenvalue weighted by Gasteiger charge is 2.19. The zero-order valence-electron chi connectivity index (χ0n) is 11.9. The van der Waals surface area contributed by atoms with Gasteiger partial charge in [-0.1, -0.05) is 29.8 Å². The van der Waals surface area contributed by atoms with E-state index < -0.39 is 10.0 Å². The Morgan fingerprint density at radius 3 is 2.52 bits per heavy atom. The van der Waals surface area contributed by atoms with Crippen molar-refractivity contribution >= 4 is 27.5 Å². The molecule has 1 aromatic rings. The van der Waals surface area contributed by atoms with Crippen LogP contribution in [-0.2, 0) is 21.2 Å². The van der Waals surface area contributed by atoms with Crippen LogP contribution in [0.2, 0.25) is 5.02 Å². The molecule has 5 nitrogen and oxygen atoms in total. The topological polar surface area (TPSA) is 66.5 Å². The van der Waals surface area contributed by atoms with Crippen LogP contribution in [0, 0.1) is 0 Å². The fraction of sp³-hybridized carbons (Fsp3) is 0.357. The Morgan fingerprint density at radius 1 is 1.38 bits per heavy atom. The first-order valence-electron chi connectivity index (χ1n) is 6.40. The maximum absolute atomic E-state index is 11.7. The van der Waals surface area contributed by atoms with Crippen molar-refractivity contribution in [2.24, 2.45) is 0 Å². The second-order valence-corrected chi connectivity index (χ2v) is 6.98. The van der Waals surface area contributed by atoms with Gasteiger partial charge in [0, 0.05) is 18.1 Å². The molecule has 21 heavy (non-hydrogen) atoms. The molecule has 0 aliphatic heterocycles. The second-order valence-electron chi connectivity index (χ2n) is 4.57. The third kappa shape index (κ3) is 6.75. The van der Waals surface area contributed by atoms with Crippen LogP contribution >= 0.6 is 11.6 Å². The van der Waals surface area contributed by atoms with Crippen LogP contribution in [0.15, 0.2) is 36.9 Å². The van der Waals surface area contributed by atoms with E-state index in [1.165, 1.54) is 6.08 Å². The summed E-state index contributed by atoms with van der Waals surface area (Å²) in [5.74, 6) is -0.351. The van der Waals surface area contributed by atoms with Gasteiger partial charge in [-0.3, -0.25) is 4.79 Å². The number of carbonyl (C=O) groups is 1. The lowest BCUT2D eigenvalue weighted by molar-refractivity contribution is -0.121. The molecule has 0 unspecified atom stereocenters. The minimum atomic E-state index is -3.44. The Hall–Kier alpha value is -1.37. The largest absolute Gasteiger partial charge is 0.351 e. The Bertz CT molecular complexity index is 585. The lowest BCUT2D eigenvalue weighted by atomic mass is 10.1. The molecule has 1 aromatic carbocycles. The first-order valence-corrected chi connectivity index (χ1v) is 8.62. The highest BCUT2D eigenvalue weighted by molar-refractivity contribution is 7.88. The first kappa shape index (κ1) is 17.7. The van der Waals surface area contributed by atoms with Crippen LogP contribution in [0.3, 0.4) is 0 Å². The summed E-state index contributed by atoms with van der Waals surface area (Å²) in [7, 11) is -3.44. The van der Waals surface area contributed by atoms with E-state index in [0.29, 0.717) is 18.0 Å². The van der Waals surface area contributed by atoms with Crippen molar-refractivity contribution in [3.05, 3.63) is 47.5 Å². The first-order chi connectivity index (χ1) is 9.82. The summed E-state index contributed by atoms with van der Waals surface area (Å²) in [5, 5.41) is 3.19. The molecule has 0 heterocycles. The quantitative estimate of drug-likeness (QED) is 0.734. The van der Waals surface area contributed by atoms with Gasteiger partial charge in [0.05, 0.1) is 12.8 Å². The third-order valence-electron chi connectivity index (χ3n) is 2.80. The number of hydrogen-bond acceptors (Lipinski definition) is 3. The Morgan fingerprint density at radius 2 is 2.00 bits per heavy atom. The normalized spacial score (nSPS) is 11.4. The molecule has 0 aliphatic carbocycles. The van der Waals surface area contributed by atoms with Gasteiger partial charge in [0.15, 0.2) is 0 Å². The van der Waals surface area contributed by atoms with Gasteiger partial charge in [-0.15, -0.1) is 6.58 Å². The molecule has 116 valence electrons. The molecular formula is C14H19ClN2O3S. The van der Waals surface area contributed by atoms with Crippen LogP contribution in [0.1, 0.15) is 5.56 Å². The van der Waals surface area contributed by atoms with Crippen molar-refractivity contribution in [2.45, 2.75) is 6.42 Å². The molecule has 0 saturated heterocycles. The lowest BCUT2D eigenvalue weighted by Gasteiger charge is -2.19. The van der Waals surface area contributed by atoms with Crippen molar-refractivity contribution in [1.29, 1.82) is 0 Å². The zero-order chi connectivity index (χ0) is 15.9. The second kappa shape index (κ2) is 8.17. The molecule has 0 fully saturated rings. The zero-order valence-corrected chi connectivity index (χ0v) is 13.5. The number of sulfonamides is 1. The standard InChI is InChI=1S/C14H19ClN2O3S/c1-3-9-16-14(18)11-17(21(2,19)20)10-8-12-4-6-13(15)7-5-12/h3-7H,1,8-11H2,2H3,(H,16,18). The van der Waals surface area contributed by atoms with Gasteiger partial charge in [-0.2, -0.15) is 4.31 Å². The maximum atomic E-state index is 11.7. The van der Waals surface area contributed by atoms with E-state index in [4.69, 9.17) is 11.6 Å². The van der Waals surface area contributed by atoms with Gasteiger partial charge in [0.25, 0.3) is 0 Å². The summed E-state index contributed by atoms with van der Waals surface area (Å²) in [6.07, 6.45) is 3.14. The van der Waals surface area contributed by atoms with Gasteiger partial charge in [0.1, 0.15) is 0 Å². The van der Waals surface area contributed by atoms with E-state index in [9.17, 15) is 13.2 Å². The molecule has 1 amide bonds. The minimum Gasteiger partial charge on any atom is -0.351 e. The fourth-order valence-electron chi connectivity index (χ4n) is 1.67. The lowest BCUT2D eigenvalue weighted by Crippen LogP contribution is -2.41.